The Kier molecular flexibility index (Phi) is 6.82. The molecule has 30 heavy (non-hydrogen) atoms. The van der Waals surface area contributed by atoms with Crippen LogP contribution in [0.1, 0.15) is 22.8 Å². The van der Waals surface area contributed by atoms with E-state index in [0.717, 1.165) is 12.0 Å². The van der Waals surface area contributed by atoms with Gasteiger partial charge in [0, 0.05) is 17.8 Å². The number of aryl methyl sites for hydroxylation is 1. The number of benzene rings is 3. The Morgan fingerprint density at radius 2 is 1.63 bits per heavy atom. The van der Waals surface area contributed by atoms with Gasteiger partial charge in [-0.15, -0.1) is 0 Å². The molecule has 3 aromatic rings. The Hall–Kier alpha value is -2.80. The summed E-state index contributed by atoms with van der Waals surface area (Å²) < 4.78 is 5.64. The van der Waals surface area contributed by atoms with Crippen molar-refractivity contribution >= 4 is 52.1 Å². The molecule has 0 saturated carbocycles. The first-order chi connectivity index (χ1) is 14.3. The molecule has 9 heteroatoms. The van der Waals surface area contributed by atoms with E-state index in [0.29, 0.717) is 17.2 Å². The molecular weight excluding hydrogens is 451 g/mol. The highest BCUT2D eigenvalue weighted by molar-refractivity contribution is 6.40. The summed E-state index contributed by atoms with van der Waals surface area (Å²) in [5, 5.41) is 14.2. The Labute approximate surface area is 187 Å². The normalized spacial score (nSPS) is 10.5. The van der Waals surface area contributed by atoms with Crippen LogP contribution in [0.5, 0.6) is 11.5 Å². The Balaban J connectivity index is 1.75. The molecule has 0 aliphatic carbocycles. The fraction of sp³-hybridized carbons (Fsp3) is 0.0952. The zero-order valence-electron chi connectivity index (χ0n) is 15.6. The van der Waals surface area contributed by atoms with E-state index in [1.807, 2.05) is 6.92 Å². The average Bonchev–Trinajstić information content (AvgIpc) is 2.69. The number of ether oxygens (including phenoxy) is 1. The van der Waals surface area contributed by atoms with Crippen molar-refractivity contribution in [1.29, 1.82) is 0 Å². The molecule has 0 spiro atoms. The Morgan fingerprint density at radius 1 is 1.00 bits per heavy atom. The van der Waals surface area contributed by atoms with Crippen molar-refractivity contribution in [2.45, 2.75) is 13.3 Å². The summed E-state index contributed by atoms with van der Waals surface area (Å²) in [7, 11) is 0. The van der Waals surface area contributed by atoms with Gasteiger partial charge in [0.1, 0.15) is 11.5 Å². The van der Waals surface area contributed by atoms with Crippen molar-refractivity contribution in [3.8, 4) is 11.5 Å². The first-order valence-electron chi connectivity index (χ1n) is 8.79. The van der Waals surface area contributed by atoms with Crippen molar-refractivity contribution in [1.82, 2.24) is 0 Å². The maximum absolute atomic E-state index is 12.6. The van der Waals surface area contributed by atoms with Crippen LogP contribution in [0.15, 0.2) is 54.6 Å². The highest BCUT2D eigenvalue weighted by Gasteiger charge is 2.17. The number of carbonyl (C=O) groups is 1. The standard InChI is InChI=1S/C21H15Cl3N2O4/c1-2-12-9-17(23)20(18(24)10-12)21(27)25-13-3-8-19(16(22)11-13)30-15-6-4-14(5-7-15)26(28)29/h3-11H,2H2,1H3,(H,25,27). The summed E-state index contributed by atoms with van der Waals surface area (Å²) in [6.45, 7) is 1.96. The van der Waals surface area contributed by atoms with E-state index >= 15 is 0 Å². The van der Waals surface area contributed by atoms with Gasteiger partial charge >= 0.3 is 0 Å². The quantitative estimate of drug-likeness (QED) is 0.309. The van der Waals surface area contributed by atoms with Crippen LogP contribution in [0, 0.1) is 10.1 Å². The summed E-state index contributed by atoms with van der Waals surface area (Å²) >= 11 is 18.7. The van der Waals surface area contributed by atoms with Gasteiger partial charge in [0.05, 0.1) is 25.6 Å². The summed E-state index contributed by atoms with van der Waals surface area (Å²) in [4.78, 5) is 22.8. The molecule has 0 aliphatic rings. The second kappa shape index (κ2) is 9.34. The summed E-state index contributed by atoms with van der Waals surface area (Å²) in [6, 6.07) is 13.7. The zero-order valence-corrected chi connectivity index (χ0v) is 17.9. The molecule has 6 nitrogen and oxygen atoms in total. The molecule has 0 fully saturated rings. The van der Waals surface area contributed by atoms with Crippen molar-refractivity contribution in [3.63, 3.8) is 0 Å². The molecule has 0 unspecified atom stereocenters. The lowest BCUT2D eigenvalue weighted by atomic mass is 10.1. The minimum atomic E-state index is -0.497. The number of amides is 1. The molecule has 154 valence electrons. The van der Waals surface area contributed by atoms with Gasteiger partial charge < -0.3 is 10.1 Å². The van der Waals surface area contributed by atoms with Gasteiger partial charge in [-0.2, -0.15) is 0 Å². The van der Waals surface area contributed by atoms with Crippen LogP contribution in [-0.4, -0.2) is 10.8 Å². The van der Waals surface area contributed by atoms with Gasteiger partial charge in [0.25, 0.3) is 11.6 Å². The highest BCUT2D eigenvalue weighted by atomic mass is 35.5. The maximum atomic E-state index is 12.6. The number of anilines is 1. The van der Waals surface area contributed by atoms with Gasteiger partial charge in [-0.25, -0.2) is 0 Å². The highest BCUT2D eigenvalue weighted by Crippen LogP contribution is 2.33. The lowest BCUT2D eigenvalue weighted by Gasteiger charge is -2.12. The number of nitrogens with zero attached hydrogens (tertiary/aromatic N) is 1. The van der Waals surface area contributed by atoms with Crippen molar-refractivity contribution in [2.75, 3.05) is 5.32 Å². The van der Waals surface area contributed by atoms with Gasteiger partial charge in [-0.3, -0.25) is 14.9 Å². The predicted octanol–water partition coefficient (Wildman–Crippen LogP) is 7.16. The van der Waals surface area contributed by atoms with Crippen LogP contribution in [0.2, 0.25) is 15.1 Å². The molecule has 0 bridgehead atoms. The molecule has 0 radical (unpaired) electrons. The third-order valence-electron chi connectivity index (χ3n) is 4.20. The number of hydrogen-bond acceptors (Lipinski definition) is 4. The second-order valence-electron chi connectivity index (χ2n) is 6.24. The number of halogens is 3. The van der Waals surface area contributed by atoms with Crippen LogP contribution in [0.4, 0.5) is 11.4 Å². The van der Waals surface area contributed by atoms with Gasteiger partial charge in [-0.05, 0) is 54.4 Å². The SMILES string of the molecule is CCc1cc(Cl)c(C(=O)Nc2ccc(Oc3ccc([N+](=O)[O-])cc3)c(Cl)c2)c(Cl)c1. The van der Waals surface area contributed by atoms with Crippen LogP contribution in [0.3, 0.4) is 0 Å². The average molecular weight is 466 g/mol. The molecule has 0 heterocycles. The number of carbonyl (C=O) groups excluding carboxylic acids is 1. The first kappa shape index (κ1) is 21.9. The topological polar surface area (TPSA) is 81.5 Å². The molecule has 3 rings (SSSR count). The van der Waals surface area contributed by atoms with Crippen LogP contribution >= 0.6 is 34.8 Å². The number of nitro benzene ring substituents is 1. The van der Waals surface area contributed by atoms with E-state index in [4.69, 9.17) is 39.5 Å². The van der Waals surface area contributed by atoms with E-state index in [-0.39, 0.29) is 26.3 Å². The maximum Gasteiger partial charge on any atom is 0.269 e. The molecule has 0 atom stereocenters. The minimum absolute atomic E-state index is 0.0456. The summed E-state index contributed by atoms with van der Waals surface area (Å²) in [6.07, 6.45) is 0.743. The van der Waals surface area contributed by atoms with Crippen molar-refractivity contribution in [3.05, 3.63) is 90.9 Å². The fourth-order valence-electron chi connectivity index (χ4n) is 2.66. The number of nitro groups is 1. The van der Waals surface area contributed by atoms with Gasteiger partial charge in [0.15, 0.2) is 0 Å². The zero-order chi connectivity index (χ0) is 21.8. The molecule has 3 aromatic carbocycles. The summed E-state index contributed by atoms with van der Waals surface area (Å²) in [5.74, 6) is 0.244. The fourth-order valence-corrected chi connectivity index (χ4v) is 3.59. The van der Waals surface area contributed by atoms with Crippen LogP contribution in [-0.2, 0) is 6.42 Å². The predicted molar refractivity (Wildman–Crippen MR) is 118 cm³/mol. The Morgan fingerprint density at radius 3 is 2.17 bits per heavy atom. The lowest BCUT2D eigenvalue weighted by Crippen LogP contribution is -2.13. The lowest BCUT2D eigenvalue weighted by molar-refractivity contribution is -0.384. The molecule has 0 aromatic heterocycles. The largest absolute Gasteiger partial charge is 0.456 e. The number of hydrogen-bond donors (Lipinski definition) is 1. The van der Waals surface area contributed by atoms with Crippen LogP contribution in [0.25, 0.3) is 0 Å². The number of non-ortho nitro benzene ring substituents is 1. The monoisotopic (exact) mass is 464 g/mol. The molecule has 1 N–H and O–H groups in total. The van der Waals surface area contributed by atoms with E-state index in [1.54, 1.807) is 24.3 Å². The number of rotatable bonds is 6. The molecular formula is C21H15Cl3N2O4. The minimum Gasteiger partial charge on any atom is -0.456 e. The van der Waals surface area contributed by atoms with Gasteiger partial charge in [0.2, 0.25) is 0 Å². The van der Waals surface area contributed by atoms with Crippen molar-refractivity contribution in [2.24, 2.45) is 0 Å². The van der Waals surface area contributed by atoms with Gasteiger partial charge in [-0.1, -0.05) is 41.7 Å². The van der Waals surface area contributed by atoms with Crippen LogP contribution < -0.4 is 10.1 Å². The Bertz CT molecular complexity index is 1090. The van der Waals surface area contributed by atoms with Crippen molar-refractivity contribution < 1.29 is 14.5 Å². The van der Waals surface area contributed by atoms with E-state index in [9.17, 15) is 14.9 Å². The van der Waals surface area contributed by atoms with E-state index < -0.39 is 10.8 Å². The smallest absolute Gasteiger partial charge is 0.269 e. The first-order valence-corrected chi connectivity index (χ1v) is 9.93. The molecule has 0 aliphatic heterocycles. The number of nitrogens with one attached hydrogen (secondary N) is 1. The second-order valence-corrected chi connectivity index (χ2v) is 7.46. The molecule has 0 saturated heterocycles. The summed E-state index contributed by atoms with van der Waals surface area (Å²) in [5.41, 5.74) is 1.48. The van der Waals surface area contributed by atoms with E-state index in [2.05, 4.69) is 5.32 Å². The third-order valence-corrected chi connectivity index (χ3v) is 5.09. The third kappa shape index (κ3) is 5.02. The molecule has 1 amide bonds. The van der Waals surface area contributed by atoms with E-state index in [1.165, 1.54) is 30.3 Å².